The van der Waals surface area contributed by atoms with Crippen molar-refractivity contribution < 1.29 is 19.1 Å². The van der Waals surface area contributed by atoms with E-state index in [0.717, 1.165) is 70.2 Å². The Morgan fingerprint density at radius 2 is 0.783 bits per heavy atom. The minimum atomic E-state index is -0.438. The fourth-order valence-corrected chi connectivity index (χ4v) is 6.93. The minimum Gasteiger partial charge on any atom is -0.423 e. The lowest BCUT2D eigenvalue weighted by Gasteiger charge is -2.09. The molecule has 0 bridgehead atoms. The molecule has 7 aromatic rings. The quantitative estimate of drug-likeness (QED) is 0.0480. The SMILES string of the molecule is CCCCCCc1cnc(-c2ccc(C(=O)Oc3ccc(-c4cccc(-c5ccc(OC(=O)c6ccc(-c7ncc(CCCCCC)cn7)cc6)cc5)c4)cc3)cc2)nc1. The Bertz CT molecular complexity index is 2280. The van der Waals surface area contributed by atoms with Crippen molar-refractivity contribution >= 4 is 11.9 Å². The Hall–Kier alpha value is -6.80. The van der Waals surface area contributed by atoms with Gasteiger partial charge < -0.3 is 9.47 Å². The van der Waals surface area contributed by atoms with E-state index in [1.165, 1.54) is 38.5 Å². The molecule has 0 aliphatic heterocycles. The van der Waals surface area contributed by atoms with Crippen molar-refractivity contribution in [2.75, 3.05) is 0 Å². The van der Waals surface area contributed by atoms with Crippen LogP contribution in [0.1, 0.15) is 97.1 Å². The van der Waals surface area contributed by atoms with Gasteiger partial charge in [-0.05, 0) is 114 Å². The Balaban J connectivity index is 0.905. The van der Waals surface area contributed by atoms with Crippen LogP contribution in [-0.2, 0) is 12.8 Å². The summed E-state index contributed by atoms with van der Waals surface area (Å²) in [4.78, 5) is 44.1. The van der Waals surface area contributed by atoms with Crippen molar-refractivity contribution in [3.63, 3.8) is 0 Å². The van der Waals surface area contributed by atoms with E-state index in [1.54, 1.807) is 48.5 Å². The van der Waals surface area contributed by atoms with Crippen LogP contribution in [0.2, 0.25) is 0 Å². The van der Waals surface area contributed by atoms with Crippen molar-refractivity contribution in [2.24, 2.45) is 0 Å². The van der Waals surface area contributed by atoms with E-state index < -0.39 is 11.9 Å². The molecule has 60 heavy (non-hydrogen) atoms. The number of carbonyl (C=O) groups is 2. The van der Waals surface area contributed by atoms with E-state index in [1.807, 2.05) is 91.5 Å². The predicted octanol–water partition coefficient (Wildman–Crippen LogP) is 12.6. The van der Waals surface area contributed by atoms with Gasteiger partial charge in [-0.15, -0.1) is 0 Å². The third kappa shape index (κ3) is 11.2. The van der Waals surface area contributed by atoms with Gasteiger partial charge in [0.15, 0.2) is 11.6 Å². The molecule has 2 aromatic heterocycles. The zero-order chi connectivity index (χ0) is 41.5. The Labute approximate surface area is 352 Å². The second-order valence-corrected chi connectivity index (χ2v) is 15.0. The minimum absolute atomic E-state index is 0.438. The number of hydrogen-bond acceptors (Lipinski definition) is 8. The zero-order valence-electron chi connectivity index (χ0n) is 34.3. The molecule has 0 amide bonds. The van der Waals surface area contributed by atoms with Crippen molar-refractivity contribution in [2.45, 2.75) is 78.1 Å². The first-order valence-corrected chi connectivity index (χ1v) is 21.0. The molecule has 0 saturated heterocycles. The smallest absolute Gasteiger partial charge is 0.343 e. The molecule has 0 fully saturated rings. The van der Waals surface area contributed by atoms with Crippen LogP contribution < -0.4 is 9.47 Å². The van der Waals surface area contributed by atoms with Crippen molar-refractivity contribution in [1.82, 2.24) is 19.9 Å². The van der Waals surface area contributed by atoms with E-state index >= 15 is 0 Å². The molecule has 0 radical (unpaired) electrons. The molecule has 0 aliphatic carbocycles. The first kappa shape index (κ1) is 41.4. The van der Waals surface area contributed by atoms with Crippen LogP contribution >= 0.6 is 0 Å². The average Bonchev–Trinajstić information content (AvgIpc) is 3.30. The summed E-state index contributed by atoms with van der Waals surface area (Å²) in [5.74, 6) is 1.29. The summed E-state index contributed by atoms with van der Waals surface area (Å²) in [6.07, 6.45) is 19.2. The number of rotatable bonds is 18. The molecule has 8 nitrogen and oxygen atoms in total. The number of esters is 2. The van der Waals surface area contributed by atoms with Gasteiger partial charge in [0.1, 0.15) is 11.5 Å². The van der Waals surface area contributed by atoms with Gasteiger partial charge in [0, 0.05) is 35.9 Å². The van der Waals surface area contributed by atoms with Crippen LogP contribution in [0.3, 0.4) is 0 Å². The summed E-state index contributed by atoms with van der Waals surface area (Å²) >= 11 is 0. The number of hydrogen-bond donors (Lipinski definition) is 0. The van der Waals surface area contributed by atoms with E-state index in [4.69, 9.17) is 9.47 Å². The number of carbonyl (C=O) groups excluding carboxylic acids is 2. The molecule has 0 aliphatic rings. The van der Waals surface area contributed by atoms with Crippen LogP contribution in [0.4, 0.5) is 0 Å². The molecule has 0 atom stereocenters. The summed E-state index contributed by atoms with van der Waals surface area (Å²) in [5, 5.41) is 0. The lowest BCUT2D eigenvalue weighted by atomic mass is 9.99. The van der Waals surface area contributed by atoms with Crippen molar-refractivity contribution in [3.05, 3.63) is 168 Å². The molecule has 2 heterocycles. The summed E-state index contributed by atoms with van der Waals surface area (Å²) < 4.78 is 11.4. The molecular weight excluding hydrogens is 745 g/mol. The van der Waals surface area contributed by atoms with Crippen LogP contribution in [-0.4, -0.2) is 31.9 Å². The lowest BCUT2D eigenvalue weighted by molar-refractivity contribution is 0.0725. The molecule has 0 unspecified atom stereocenters. The summed E-state index contributed by atoms with van der Waals surface area (Å²) in [5.41, 5.74) is 8.82. The normalized spacial score (nSPS) is 11.0. The van der Waals surface area contributed by atoms with Gasteiger partial charge in [-0.1, -0.05) is 119 Å². The van der Waals surface area contributed by atoms with Crippen LogP contribution in [0.25, 0.3) is 45.0 Å². The molecular formula is C52H50N4O4. The number of ether oxygens (including phenoxy) is 2. The second-order valence-electron chi connectivity index (χ2n) is 15.0. The number of aryl methyl sites for hydroxylation is 2. The summed E-state index contributed by atoms with van der Waals surface area (Å²) in [7, 11) is 0. The first-order chi connectivity index (χ1) is 29.4. The molecule has 5 aromatic carbocycles. The average molecular weight is 795 g/mol. The highest BCUT2D eigenvalue weighted by atomic mass is 16.5. The molecule has 0 N–H and O–H groups in total. The fourth-order valence-electron chi connectivity index (χ4n) is 6.93. The highest BCUT2D eigenvalue weighted by Gasteiger charge is 2.13. The van der Waals surface area contributed by atoms with Crippen LogP contribution in [0.5, 0.6) is 11.5 Å². The van der Waals surface area contributed by atoms with E-state index in [-0.39, 0.29) is 0 Å². The van der Waals surface area contributed by atoms with Crippen molar-refractivity contribution in [3.8, 4) is 56.5 Å². The third-order valence-corrected chi connectivity index (χ3v) is 10.5. The standard InChI is InChI=1S/C52H50N4O4/c1-3-5-7-9-12-37-33-53-49(54-34-37)41-16-20-43(21-17-41)51(57)59-47-28-24-39(25-29-47)45-14-11-15-46(32-45)40-26-30-48(31-27-40)60-52(58)44-22-18-42(19-23-44)50-55-35-38(36-56-50)13-10-8-6-4-2/h11,14-36H,3-10,12-13H2,1-2H3. The highest BCUT2D eigenvalue weighted by molar-refractivity contribution is 5.92. The van der Waals surface area contributed by atoms with Gasteiger partial charge >= 0.3 is 11.9 Å². The fraction of sp³-hybridized carbons (Fsp3) is 0.231. The Kier molecular flexibility index (Phi) is 14.3. The molecule has 0 saturated carbocycles. The van der Waals surface area contributed by atoms with Gasteiger partial charge in [-0.2, -0.15) is 0 Å². The molecule has 0 spiro atoms. The van der Waals surface area contributed by atoms with Gasteiger partial charge in [0.2, 0.25) is 0 Å². The van der Waals surface area contributed by atoms with Gasteiger partial charge in [0.25, 0.3) is 0 Å². The van der Waals surface area contributed by atoms with E-state index in [0.29, 0.717) is 34.3 Å². The van der Waals surface area contributed by atoms with E-state index in [2.05, 4.69) is 39.8 Å². The maximum atomic E-state index is 13.0. The maximum absolute atomic E-state index is 13.0. The second kappa shape index (κ2) is 20.8. The third-order valence-electron chi connectivity index (χ3n) is 10.5. The lowest BCUT2D eigenvalue weighted by Crippen LogP contribution is -2.08. The topological polar surface area (TPSA) is 104 Å². The highest BCUT2D eigenvalue weighted by Crippen LogP contribution is 2.30. The zero-order valence-corrected chi connectivity index (χ0v) is 34.3. The van der Waals surface area contributed by atoms with Crippen LogP contribution in [0.15, 0.2) is 146 Å². The molecule has 302 valence electrons. The Morgan fingerprint density at radius 3 is 1.15 bits per heavy atom. The molecule has 7 rings (SSSR count). The number of benzene rings is 5. The van der Waals surface area contributed by atoms with Gasteiger partial charge in [0.05, 0.1) is 11.1 Å². The molecule has 8 heteroatoms. The predicted molar refractivity (Wildman–Crippen MR) is 238 cm³/mol. The van der Waals surface area contributed by atoms with Gasteiger partial charge in [-0.3, -0.25) is 0 Å². The van der Waals surface area contributed by atoms with Crippen LogP contribution in [0, 0.1) is 0 Å². The monoisotopic (exact) mass is 794 g/mol. The summed E-state index contributed by atoms with van der Waals surface area (Å²) in [6.45, 7) is 4.42. The van der Waals surface area contributed by atoms with Crippen molar-refractivity contribution in [1.29, 1.82) is 0 Å². The van der Waals surface area contributed by atoms with E-state index in [9.17, 15) is 9.59 Å². The largest absolute Gasteiger partial charge is 0.423 e. The first-order valence-electron chi connectivity index (χ1n) is 21.0. The number of aromatic nitrogens is 4. The number of nitrogens with zero attached hydrogens (tertiary/aromatic N) is 4. The summed E-state index contributed by atoms with van der Waals surface area (Å²) in [6, 6.07) is 37.4. The number of unbranched alkanes of at least 4 members (excludes halogenated alkanes) is 6. The Morgan fingerprint density at radius 1 is 0.417 bits per heavy atom. The van der Waals surface area contributed by atoms with Gasteiger partial charge in [-0.25, -0.2) is 29.5 Å². The maximum Gasteiger partial charge on any atom is 0.343 e.